The zero-order valence-corrected chi connectivity index (χ0v) is 11.9. The van der Waals surface area contributed by atoms with Gasteiger partial charge in [0.2, 0.25) is 0 Å². The highest BCUT2D eigenvalue weighted by atomic mass is 32.1. The highest BCUT2D eigenvalue weighted by Gasteiger charge is 2.25. The summed E-state index contributed by atoms with van der Waals surface area (Å²) in [5.41, 5.74) is 1.19. The third-order valence-electron chi connectivity index (χ3n) is 4.02. The summed E-state index contributed by atoms with van der Waals surface area (Å²) in [6.07, 6.45) is 7.05. The number of hydrogen-bond acceptors (Lipinski definition) is 4. The fourth-order valence-corrected chi connectivity index (χ4v) is 4.27. The molecule has 1 atom stereocenters. The third kappa shape index (κ3) is 2.60. The van der Waals surface area contributed by atoms with Crippen LogP contribution in [0.15, 0.2) is 0 Å². The number of nitrogens with zero attached hydrogens (tertiary/aromatic N) is 1. The van der Waals surface area contributed by atoms with E-state index in [1.165, 1.54) is 47.7 Å². The van der Waals surface area contributed by atoms with Crippen molar-refractivity contribution in [2.45, 2.75) is 51.0 Å². The molecule has 0 spiro atoms. The normalized spacial score (nSPS) is 26.4. The predicted molar refractivity (Wildman–Crippen MR) is 74.2 cm³/mol. The average Bonchev–Trinajstić information content (AvgIpc) is 2.83. The molecule has 100 valence electrons. The largest absolute Gasteiger partial charge is 0.370 e. The first-order valence-corrected chi connectivity index (χ1v) is 7.96. The minimum absolute atomic E-state index is 0.230. The number of rotatable bonds is 2. The monoisotopic (exact) mass is 266 g/mol. The predicted octanol–water partition coefficient (Wildman–Crippen LogP) is 3.16. The van der Waals surface area contributed by atoms with Gasteiger partial charge in [-0.3, -0.25) is 0 Å². The first kappa shape index (κ1) is 12.6. The Morgan fingerprint density at radius 1 is 1.28 bits per heavy atom. The van der Waals surface area contributed by atoms with Crippen LogP contribution < -0.4 is 5.32 Å². The van der Waals surface area contributed by atoms with Gasteiger partial charge in [-0.2, -0.15) is 0 Å². The number of aromatic nitrogens is 1. The van der Waals surface area contributed by atoms with Gasteiger partial charge in [0.15, 0.2) is 0 Å². The molecule has 1 aromatic rings. The van der Waals surface area contributed by atoms with E-state index in [9.17, 15) is 0 Å². The SMILES string of the molecule is Cc1nc(C2CCCCC2)sc1C1CNCCO1. The number of aryl methyl sites for hydroxylation is 1. The molecule has 0 aromatic carbocycles. The van der Waals surface area contributed by atoms with Gasteiger partial charge < -0.3 is 10.1 Å². The lowest BCUT2D eigenvalue weighted by molar-refractivity contribution is 0.0295. The van der Waals surface area contributed by atoms with Crippen molar-refractivity contribution in [3.8, 4) is 0 Å². The first-order chi connectivity index (χ1) is 8.84. The van der Waals surface area contributed by atoms with Gasteiger partial charge in [-0.25, -0.2) is 4.98 Å². The minimum atomic E-state index is 0.230. The van der Waals surface area contributed by atoms with Gasteiger partial charge in [0, 0.05) is 19.0 Å². The lowest BCUT2D eigenvalue weighted by Gasteiger charge is -2.23. The summed E-state index contributed by atoms with van der Waals surface area (Å²) in [6, 6.07) is 0. The van der Waals surface area contributed by atoms with Gasteiger partial charge in [0.05, 0.1) is 22.2 Å². The molecule has 3 rings (SSSR count). The lowest BCUT2D eigenvalue weighted by atomic mass is 9.90. The maximum Gasteiger partial charge on any atom is 0.106 e. The number of morpholine rings is 1. The molecule has 1 unspecified atom stereocenters. The van der Waals surface area contributed by atoms with Crippen molar-refractivity contribution in [1.29, 1.82) is 0 Å². The second-order valence-electron chi connectivity index (χ2n) is 5.40. The molecule has 4 heteroatoms. The molecule has 0 radical (unpaired) electrons. The van der Waals surface area contributed by atoms with Crippen molar-refractivity contribution in [2.75, 3.05) is 19.7 Å². The maximum absolute atomic E-state index is 5.85. The molecule has 1 saturated carbocycles. The van der Waals surface area contributed by atoms with E-state index in [4.69, 9.17) is 9.72 Å². The Bertz CT molecular complexity index is 392. The molecule has 2 aliphatic rings. The van der Waals surface area contributed by atoms with E-state index in [1.807, 2.05) is 11.3 Å². The molecule has 2 heterocycles. The van der Waals surface area contributed by atoms with E-state index in [-0.39, 0.29) is 6.10 Å². The van der Waals surface area contributed by atoms with Crippen LogP contribution in [0.1, 0.15) is 59.7 Å². The van der Waals surface area contributed by atoms with E-state index in [0.29, 0.717) is 5.92 Å². The topological polar surface area (TPSA) is 34.2 Å². The van der Waals surface area contributed by atoms with E-state index >= 15 is 0 Å². The van der Waals surface area contributed by atoms with Crippen LogP contribution in [-0.2, 0) is 4.74 Å². The summed E-state index contributed by atoms with van der Waals surface area (Å²) >= 11 is 1.90. The van der Waals surface area contributed by atoms with Crippen molar-refractivity contribution in [1.82, 2.24) is 10.3 Å². The Morgan fingerprint density at radius 3 is 2.83 bits per heavy atom. The second-order valence-corrected chi connectivity index (χ2v) is 6.46. The average molecular weight is 266 g/mol. The zero-order chi connectivity index (χ0) is 12.4. The third-order valence-corrected chi connectivity index (χ3v) is 5.44. The standard InChI is InChI=1S/C14H22N2OS/c1-10-13(12-9-15-7-8-17-12)18-14(16-10)11-5-3-2-4-6-11/h11-12,15H,2-9H2,1H3. The Balaban J connectivity index is 1.76. The van der Waals surface area contributed by atoms with Gasteiger partial charge in [0.1, 0.15) is 6.10 Å². The van der Waals surface area contributed by atoms with Crippen LogP contribution in [0.25, 0.3) is 0 Å². The van der Waals surface area contributed by atoms with E-state index in [2.05, 4.69) is 12.2 Å². The number of ether oxygens (including phenoxy) is 1. The first-order valence-electron chi connectivity index (χ1n) is 7.14. The van der Waals surface area contributed by atoms with Gasteiger partial charge in [-0.1, -0.05) is 19.3 Å². The summed E-state index contributed by atoms with van der Waals surface area (Å²) in [4.78, 5) is 6.17. The fourth-order valence-electron chi connectivity index (χ4n) is 2.99. The molecule has 1 saturated heterocycles. The van der Waals surface area contributed by atoms with E-state index in [1.54, 1.807) is 0 Å². The van der Waals surface area contributed by atoms with E-state index in [0.717, 1.165) is 19.7 Å². The van der Waals surface area contributed by atoms with E-state index < -0.39 is 0 Å². The van der Waals surface area contributed by atoms with Crippen LogP contribution in [0.5, 0.6) is 0 Å². The Kier molecular flexibility index (Phi) is 3.97. The Labute approximate surface area is 113 Å². The molecule has 1 aliphatic heterocycles. The number of nitrogens with one attached hydrogen (secondary N) is 1. The van der Waals surface area contributed by atoms with Crippen molar-refractivity contribution in [2.24, 2.45) is 0 Å². The van der Waals surface area contributed by atoms with Crippen molar-refractivity contribution < 1.29 is 4.74 Å². The molecule has 3 nitrogen and oxygen atoms in total. The van der Waals surface area contributed by atoms with Crippen molar-refractivity contribution in [3.05, 3.63) is 15.6 Å². The minimum Gasteiger partial charge on any atom is -0.370 e. The van der Waals surface area contributed by atoms with Crippen LogP contribution >= 0.6 is 11.3 Å². The highest BCUT2D eigenvalue weighted by Crippen LogP contribution is 2.38. The van der Waals surface area contributed by atoms with Crippen molar-refractivity contribution in [3.63, 3.8) is 0 Å². The van der Waals surface area contributed by atoms with Gasteiger partial charge in [-0.15, -0.1) is 11.3 Å². The lowest BCUT2D eigenvalue weighted by Crippen LogP contribution is -2.33. The molecular formula is C14H22N2OS. The van der Waals surface area contributed by atoms with Crippen LogP contribution in [0.2, 0.25) is 0 Å². The van der Waals surface area contributed by atoms with Crippen LogP contribution in [0.4, 0.5) is 0 Å². The molecule has 1 N–H and O–H groups in total. The maximum atomic E-state index is 5.85. The number of hydrogen-bond donors (Lipinski definition) is 1. The molecule has 1 aliphatic carbocycles. The molecule has 0 amide bonds. The Morgan fingerprint density at radius 2 is 2.11 bits per heavy atom. The second kappa shape index (κ2) is 5.68. The molecule has 2 fully saturated rings. The number of thiazole rings is 1. The zero-order valence-electron chi connectivity index (χ0n) is 11.1. The van der Waals surface area contributed by atoms with Gasteiger partial charge in [0.25, 0.3) is 0 Å². The Hall–Kier alpha value is -0.450. The summed E-state index contributed by atoms with van der Waals surface area (Å²) in [7, 11) is 0. The highest BCUT2D eigenvalue weighted by molar-refractivity contribution is 7.11. The molecular weight excluding hydrogens is 244 g/mol. The molecule has 18 heavy (non-hydrogen) atoms. The van der Waals surface area contributed by atoms with Crippen LogP contribution in [-0.4, -0.2) is 24.7 Å². The van der Waals surface area contributed by atoms with Crippen molar-refractivity contribution >= 4 is 11.3 Å². The van der Waals surface area contributed by atoms with Crippen LogP contribution in [0, 0.1) is 6.92 Å². The summed E-state index contributed by atoms with van der Waals surface area (Å²) in [6.45, 7) is 4.87. The quantitative estimate of drug-likeness (QED) is 0.893. The van der Waals surface area contributed by atoms with Gasteiger partial charge >= 0.3 is 0 Å². The summed E-state index contributed by atoms with van der Waals surface area (Å²) in [5, 5.41) is 4.76. The summed E-state index contributed by atoms with van der Waals surface area (Å²) < 4.78 is 5.85. The van der Waals surface area contributed by atoms with Crippen LogP contribution in [0.3, 0.4) is 0 Å². The van der Waals surface area contributed by atoms with Gasteiger partial charge in [-0.05, 0) is 19.8 Å². The summed E-state index contributed by atoms with van der Waals surface area (Å²) in [5.74, 6) is 0.716. The fraction of sp³-hybridized carbons (Fsp3) is 0.786. The molecule has 0 bridgehead atoms. The molecule has 1 aromatic heterocycles. The smallest absolute Gasteiger partial charge is 0.106 e.